The molecular weight excluding hydrogens is 595 g/mol. The SMILES string of the molecule is CNC=O.FC1(F)CCCCC1.O=C(NCc1cn2ncc(CC3CC(C(F)(F)F)NC3=O)cc2n1)c1nonc1C1CC1. The number of rotatable bonds is 7. The summed E-state index contributed by atoms with van der Waals surface area (Å²) in [5, 5.41) is 18.7. The Bertz CT molecular complexity index is 1430. The minimum atomic E-state index is -4.46. The van der Waals surface area contributed by atoms with Crippen molar-refractivity contribution >= 4 is 23.9 Å². The number of halogens is 5. The largest absolute Gasteiger partial charge is 0.408 e. The molecule has 0 spiro atoms. The van der Waals surface area contributed by atoms with Gasteiger partial charge in [0.2, 0.25) is 18.2 Å². The van der Waals surface area contributed by atoms with E-state index in [-0.39, 0.29) is 43.8 Å². The van der Waals surface area contributed by atoms with Crippen molar-refractivity contribution in [1.82, 2.24) is 40.9 Å². The van der Waals surface area contributed by atoms with Crippen molar-refractivity contribution < 1.29 is 41.0 Å². The minimum absolute atomic E-state index is 0.118. The Morgan fingerprint density at radius 3 is 2.48 bits per heavy atom. The fraction of sp³-hybridized carbons (Fsp3) is 0.593. The second kappa shape index (κ2) is 14.1. The highest BCUT2D eigenvalue weighted by molar-refractivity contribution is 5.93. The summed E-state index contributed by atoms with van der Waals surface area (Å²) >= 11 is 0. The molecule has 3 N–H and O–H groups in total. The third kappa shape index (κ3) is 8.92. The first-order valence-electron chi connectivity index (χ1n) is 14.2. The molecular formula is C27H33F5N8O4. The maximum absolute atomic E-state index is 12.9. The Morgan fingerprint density at radius 1 is 1.20 bits per heavy atom. The molecule has 3 aromatic rings. The molecule has 3 aromatic heterocycles. The summed E-state index contributed by atoms with van der Waals surface area (Å²) < 4.78 is 69.2. The van der Waals surface area contributed by atoms with E-state index in [0.717, 1.165) is 19.3 Å². The second-order valence-electron chi connectivity index (χ2n) is 10.9. The van der Waals surface area contributed by atoms with Gasteiger partial charge in [0.25, 0.3) is 5.91 Å². The zero-order valence-electron chi connectivity index (χ0n) is 23.9. The Morgan fingerprint density at radius 2 is 1.91 bits per heavy atom. The summed E-state index contributed by atoms with van der Waals surface area (Å²) in [7, 11) is 1.56. The predicted molar refractivity (Wildman–Crippen MR) is 143 cm³/mol. The molecule has 0 bridgehead atoms. The minimum Gasteiger partial charge on any atom is -0.362 e. The van der Waals surface area contributed by atoms with Crippen LogP contribution in [0.1, 0.15) is 84.7 Å². The number of aromatic nitrogens is 5. The van der Waals surface area contributed by atoms with Gasteiger partial charge in [-0.1, -0.05) is 11.6 Å². The third-order valence-electron chi connectivity index (χ3n) is 7.34. The van der Waals surface area contributed by atoms with Crippen LogP contribution in [-0.4, -0.2) is 68.3 Å². The number of alkyl halides is 5. The lowest BCUT2D eigenvalue weighted by atomic mass is 9.97. The monoisotopic (exact) mass is 628 g/mol. The average molecular weight is 629 g/mol. The van der Waals surface area contributed by atoms with E-state index in [4.69, 9.17) is 4.79 Å². The number of nitrogens with one attached hydrogen (secondary N) is 3. The van der Waals surface area contributed by atoms with Crippen LogP contribution in [0.4, 0.5) is 22.0 Å². The van der Waals surface area contributed by atoms with E-state index >= 15 is 0 Å². The van der Waals surface area contributed by atoms with E-state index in [1.807, 2.05) is 5.32 Å². The number of imidazole rings is 1. The summed E-state index contributed by atoms with van der Waals surface area (Å²) in [5.41, 5.74) is 2.32. The number of fused-ring (bicyclic) bond motifs is 1. The van der Waals surface area contributed by atoms with Gasteiger partial charge in [-0.25, -0.2) is 22.9 Å². The van der Waals surface area contributed by atoms with Gasteiger partial charge < -0.3 is 16.0 Å². The van der Waals surface area contributed by atoms with Gasteiger partial charge in [0.05, 0.1) is 24.6 Å². The fourth-order valence-electron chi connectivity index (χ4n) is 4.88. The molecule has 6 rings (SSSR count). The Labute approximate surface area is 248 Å². The topological polar surface area (TPSA) is 156 Å². The van der Waals surface area contributed by atoms with Crippen molar-refractivity contribution in [2.24, 2.45) is 5.92 Å². The highest BCUT2D eigenvalue weighted by Gasteiger charge is 2.47. The highest BCUT2D eigenvalue weighted by atomic mass is 19.4. The maximum Gasteiger partial charge on any atom is 0.408 e. The van der Waals surface area contributed by atoms with Gasteiger partial charge >= 0.3 is 6.18 Å². The first-order valence-corrected chi connectivity index (χ1v) is 14.2. The molecule has 3 aliphatic rings. The molecule has 3 amide bonds. The van der Waals surface area contributed by atoms with Gasteiger partial charge in [0.1, 0.15) is 11.7 Å². The number of amides is 3. The van der Waals surface area contributed by atoms with Crippen LogP contribution >= 0.6 is 0 Å². The van der Waals surface area contributed by atoms with Gasteiger partial charge in [-0.2, -0.15) is 18.3 Å². The smallest absolute Gasteiger partial charge is 0.362 e. The lowest BCUT2D eigenvalue weighted by Gasteiger charge is -2.20. The zero-order chi connectivity index (χ0) is 31.9. The Kier molecular flexibility index (Phi) is 10.5. The molecule has 3 fully saturated rings. The van der Waals surface area contributed by atoms with Crippen molar-refractivity contribution in [3.63, 3.8) is 0 Å². The Hall–Kier alpha value is -4.18. The van der Waals surface area contributed by atoms with Crippen LogP contribution < -0.4 is 16.0 Å². The number of carbonyl (C=O) groups is 3. The number of hydrogen-bond acceptors (Lipinski definition) is 8. The second-order valence-corrected chi connectivity index (χ2v) is 10.9. The molecule has 2 unspecified atom stereocenters. The molecule has 4 heterocycles. The van der Waals surface area contributed by atoms with Crippen LogP contribution in [-0.2, 0) is 22.6 Å². The predicted octanol–water partition coefficient (Wildman–Crippen LogP) is 3.48. The highest BCUT2D eigenvalue weighted by Crippen LogP contribution is 2.40. The molecule has 1 aliphatic heterocycles. The molecule has 2 aliphatic carbocycles. The van der Waals surface area contributed by atoms with E-state index in [1.54, 1.807) is 19.3 Å². The number of hydrogen-bond donors (Lipinski definition) is 3. The van der Waals surface area contributed by atoms with Crippen LogP contribution in [0.2, 0.25) is 0 Å². The van der Waals surface area contributed by atoms with Crippen LogP contribution in [0.5, 0.6) is 0 Å². The van der Waals surface area contributed by atoms with E-state index in [0.29, 0.717) is 41.9 Å². The summed E-state index contributed by atoms with van der Waals surface area (Å²) in [5.74, 6) is -3.92. The lowest BCUT2D eigenvalue weighted by Crippen LogP contribution is -2.38. The normalized spacial score (nSPS) is 20.9. The van der Waals surface area contributed by atoms with Gasteiger partial charge in [0.15, 0.2) is 11.3 Å². The quantitative estimate of drug-likeness (QED) is 0.265. The zero-order valence-corrected chi connectivity index (χ0v) is 23.9. The summed E-state index contributed by atoms with van der Waals surface area (Å²) in [6.07, 6.45) is 3.68. The molecule has 1 saturated heterocycles. The van der Waals surface area contributed by atoms with Crippen molar-refractivity contribution in [1.29, 1.82) is 0 Å². The third-order valence-corrected chi connectivity index (χ3v) is 7.34. The van der Waals surface area contributed by atoms with E-state index < -0.39 is 35.9 Å². The summed E-state index contributed by atoms with van der Waals surface area (Å²) in [6, 6.07) is -0.155. The van der Waals surface area contributed by atoms with E-state index in [1.165, 1.54) is 10.7 Å². The van der Waals surface area contributed by atoms with Crippen molar-refractivity contribution in [2.45, 2.75) is 88.4 Å². The van der Waals surface area contributed by atoms with Crippen LogP contribution in [0.15, 0.2) is 23.1 Å². The van der Waals surface area contributed by atoms with Gasteiger partial charge in [-0.3, -0.25) is 14.4 Å². The molecule has 17 heteroatoms. The maximum atomic E-state index is 12.9. The molecule has 12 nitrogen and oxygen atoms in total. The first kappa shape index (κ1) is 32.7. The molecule has 2 saturated carbocycles. The van der Waals surface area contributed by atoms with Crippen LogP contribution in [0.3, 0.4) is 0 Å². The summed E-state index contributed by atoms with van der Waals surface area (Å²) in [6.45, 7) is 0.118. The average Bonchev–Trinajstić information content (AvgIpc) is 3.36. The van der Waals surface area contributed by atoms with E-state index in [9.17, 15) is 31.5 Å². The molecule has 0 radical (unpaired) electrons. The molecule has 0 aromatic carbocycles. The first-order chi connectivity index (χ1) is 20.9. The van der Waals surface area contributed by atoms with E-state index in [2.05, 4.69) is 35.7 Å². The van der Waals surface area contributed by atoms with Crippen molar-refractivity contribution in [2.75, 3.05) is 7.05 Å². The van der Waals surface area contributed by atoms with Gasteiger partial charge in [-0.05, 0) is 55.3 Å². The van der Waals surface area contributed by atoms with Gasteiger partial charge in [-0.15, -0.1) is 0 Å². The fourth-order valence-corrected chi connectivity index (χ4v) is 4.88. The number of nitrogens with zero attached hydrogens (tertiary/aromatic N) is 5. The number of carbonyl (C=O) groups excluding carboxylic acids is 3. The van der Waals surface area contributed by atoms with Crippen LogP contribution in [0, 0.1) is 5.92 Å². The lowest BCUT2D eigenvalue weighted by molar-refractivity contribution is -0.154. The van der Waals surface area contributed by atoms with Gasteiger partial charge in [0, 0.05) is 31.7 Å². The Balaban J connectivity index is 0.000000310. The van der Waals surface area contributed by atoms with Crippen LogP contribution in [0.25, 0.3) is 5.65 Å². The van der Waals surface area contributed by atoms with Crippen molar-refractivity contribution in [3.05, 3.63) is 41.1 Å². The molecule has 44 heavy (non-hydrogen) atoms. The van der Waals surface area contributed by atoms with Crippen molar-refractivity contribution in [3.8, 4) is 0 Å². The summed E-state index contributed by atoms with van der Waals surface area (Å²) in [4.78, 5) is 37.7. The molecule has 2 atom stereocenters. The standard InChI is InChI=1S/C19H18F3N7O3.C6H10F2.C2H5NO/c20-19(21,22)13-5-11(17(30)26-13)3-9-4-14-25-12(8-29(14)24-6-9)7-23-18(31)16-15(10-1-2-10)27-32-28-16;7-6(8)4-2-1-3-5-6;1-3-2-4/h4,6,8,10-11,13H,1-3,5,7H2,(H,23,31)(H,26,30);1-5H2;2H,1H3,(H,3,4). The molecule has 240 valence electrons.